The lowest BCUT2D eigenvalue weighted by molar-refractivity contribution is 1.00. The third-order valence-electron chi connectivity index (χ3n) is 3.93. The summed E-state index contributed by atoms with van der Waals surface area (Å²) in [5.41, 5.74) is 4.15. The van der Waals surface area contributed by atoms with Crippen molar-refractivity contribution in [2.75, 3.05) is 0 Å². The molecule has 0 radical (unpaired) electrons. The number of fused-ring (bicyclic) bond motifs is 1. The highest BCUT2D eigenvalue weighted by Crippen LogP contribution is 2.21. The lowest BCUT2D eigenvalue weighted by Gasteiger charge is -2.07. The second-order valence-corrected chi connectivity index (χ2v) is 5.46. The Labute approximate surface area is 126 Å². The molecule has 3 aromatic carbocycles. The molecule has 0 atom stereocenters. The fourth-order valence-corrected chi connectivity index (χ4v) is 2.76. The molecule has 0 N–H and O–H groups in total. The van der Waals surface area contributed by atoms with E-state index in [0.717, 1.165) is 19.3 Å². The number of benzene rings is 3. The summed E-state index contributed by atoms with van der Waals surface area (Å²) in [6.07, 6.45) is 5.09. The van der Waals surface area contributed by atoms with Crippen LogP contribution in [0.1, 0.15) is 23.1 Å². The van der Waals surface area contributed by atoms with Crippen LogP contribution in [0.4, 0.5) is 0 Å². The van der Waals surface area contributed by atoms with Crippen molar-refractivity contribution in [3.05, 3.63) is 96.1 Å². The van der Waals surface area contributed by atoms with Gasteiger partial charge in [-0.25, -0.2) is 0 Å². The van der Waals surface area contributed by atoms with Gasteiger partial charge < -0.3 is 0 Å². The molecule has 0 aliphatic carbocycles. The summed E-state index contributed by atoms with van der Waals surface area (Å²) in [5, 5.41) is 2.67. The van der Waals surface area contributed by atoms with Gasteiger partial charge in [-0.3, -0.25) is 0 Å². The van der Waals surface area contributed by atoms with Crippen LogP contribution in [0.5, 0.6) is 0 Å². The molecular formula is C21H20. The monoisotopic (exact) mass is 272 g/mol. The summed E-state index contributed by atoms with van der Waals surface area (Å²) in [6.45, 7) is 3.78. The standard InChI is InChI=1S/C21H20/c1-2-3-7-17-12-14-18(15-13-17)16-20-10-6-9-19-8-4-5-11-21(19)20/h2,4-6,8-15H,1,3,7,16H2. The minimum atomic E-state index is 0.989. The van der Waals surface area contributed by atoms with E-state index in [1.165, 1.54) is 27.5 Å². The fourth-order valence-electron chi connectivity index (χ4n) is 2.76. The predicted octanol–water partition coefficient (Wildman–Crippen LogP) is 5.55. The Hall–Kier alpha value is -2.34. The number of allylic oxidation sites excluding steroid dienone is 1. The molecule has 21 heavy (non-hydrogen) atoms. The normalized spacial score (nSPS) is 10.7. The van der Waals surface area contributed by atoms with E-state index in [-0.39, 0.29) is 0 Å². The van der Waals surface area contributed by atoms with Crippen LogP contribution in [0.2, 0.25) is 0 Å². The highest BCUT2D eigenvalue weighted by molar-refractivity contribution is 5.85. The Morgan fingerprint density at radius 1 is 0.762 bits per heavy atom. The first-order chi connectivity index (χ1) is 10.4. The number of hydrogen-bond acceptors (Lipinski definition) is 0. The SMILES string of the molecule is C=CCCc1ccc(Cc2cccc3ccccc23)cc1. The Kier molecular flexibility index (Phi) is 4.16. The van der Waals surface area contributed by atoms with Crippen molar-refractivity contribution < 1.29 is 0 Å². The molecule has 0 bridgehead atoms. The Morgan fingerprint density at radius 3 is 2.29 bits per heavy atom. The van der Waals surface area contributed by atoms with Crippen LogP contribution in [0.15, 0.2) is 79.4 Å². The maximum atomic E-state index is 3.78. The van der Waals surface area contributed by atoms with Crippen molar-refractivity contribution in [1.29, 1.82) is 0 Å². The zero-order valence-corrected chi connectivity index (χ0v) is 12.3. The maximum Gasteiger partial charge on any atom is -0.00196 e. The van der Waals surface area contributed by atoms with E-state index < -0.39 is 0 Å². The van der Waals surface area contributed by atoms with Gasteiger partial charge in [-0.05, 0) is 46.7 Å². The molecule has 0 nitrogen and oxygen atoms in total. The summed E-state index contributed by atoms with van der Waals surface area (Å²) >= 11 is 0. The smallest absolute Gasteiger partial charge is 0.00196 e. The van der Waals surface area contributed by atoms with E-state index in [1.807, 2.05) is 6.08 Å². The summed E-state index contributed by atoms with van der Waals surface area (Å²) < 4.78 is 0. The zero-order valence-electron chi connectivity index (χ0n) is 12.3. The molecule has 0 aromatic heterocycles. The highest BCUT2D eigenvalue weighted by Gasteiger charge is 2.02. The van der Waals surface area contributed by atoms with Crippen molar-refractivity contribution in [2.45, 2.75) is 19.3 Å². The van der Waals surface area contributed by atoms with Crippen molar-refractivity contribution in [3.8, 4) is 0 Å². The van der Waals surface area contributed by atoms with Crippen LogP contribution in [0.25, 0.3) is 10.8 Å². The molecule has 3 aromatic rings. The van der Waals surface area contributed by atoms with Crippen LogP contribution < -0.4 is 0 Å². The van der Waals surface area contributed by atoms with Crippen molar-refractivity contribution in [3.63, 3.8) is 0 Å². The molecule has 0 heterocycles. The Balaban J connectivity index is 1.83. The van der Waals surface area contributed by atoms with Gasteiger partial charge in [-0.2, -0.15) is 0 Å². The van der Waals surface area contributed by atoms with Gasteiger partial charge in [-0.15, -0.1) is 6.58 Å². The topological polar surface area (TPSA) is 0 Å². The van der Waals surface area contributed by atoms with Crippen LogP contribution in [-0.4, -0.2) is 0 Å². The van der Waals surface area contributed by atoms with Gasteiger partial charge in [-0.1, -0.05) is 72.8 Å². The summed E-state index contributed by atoms with van der Waals surface area (Å²) in [5.74, 6) is 0. The van der Waals surface area contributed by atoms with Crippen molar-refractivity contribution in [1.82, 2.24) is 0 Å². The van der Waals surface area contributed by atoms with Crippen LogP contribution in [0, 0.1) is 0 Å². The molecular weight excluding hydrogens is 252 g/mol. The minimum Gasteiger partial charge on any atom is -0.103 e. The number of aryl methyl sites for hydroxylation is 1. The molecule has 3 rings (SSSR count). The van der Waals surface area contributed by atoms with Gasteiger partial charge >= 0.3 is 0 Å². The number of hydrogen-bond donors (Lipinski definition) is 0. The molecule has 0 amide bonds. The summed E-state index contributed by atoms with van der Waals surface area (Å²) in [6, 6.07) is 24.1. The van der Waals surface area contributed by atoms with E-state index in [0.29, 0.717) is 0 Å². The first-order valence-corrected chi connectivity index (χ1v) is 7.52. The van der Waals surface area contributed by atoms with Crippen LogP contribution in [0.3, 0.4) is 0 Å². The van der Waals surface area contributed by atoms with E-state index >= 15 is 0 Å². The van der Waals surface area contributed by atoms with Gasteiger partial charge in [0.25, 0.3) is 0 Å². The predicted molar refractivity (Wildman–Crippen MR) is 91.7 cm³/mol. The van der Waals surface area contributed by atoms with Crippen LogP contribution in [-0.2, 0) is 12.8 Å². The fraction of sp³-hybridized carbons (Fsp3) is 0.143. The Bertz CT molecular complexity index is 730. The Morgan fingerprint density at radius 2 is 1.48 bits per heavy atom. The number of rotatable bonds is 5. The van der Waals surface area contributed by atoms with Gasteiger partial charge in [0.15, 0.2) is 0 Å². The molecule has 0 unspecified atom stereocenters. The van der Waals surface area contributed by atoms with E-state index in [4.69, 9.17) is 0 Å². The van der Waals surface area contributed by atoms with Gasteiger partial charge in [0.05, 0.1) is 0 Å². The molecule has 104 valence electrons. The summed E-state index contributed by atoms with van der Waals surface area (Å²) in [4.78, 5) is 0. The molecule has 0 spiro atoms. The molecule has 0 heteroatoms. The lowest BCUT2D eigenvalue weighted by Crippen LogP contribution is -1.91. The first-order valence-electron chi connectivity index (χ1n) is 7.52. The third-order valence-corrected chi connectivity index (χ3v) is 3.93. The molecule has 0 aliphatic heterocycles. The minimum absolute atomic E-state index is 0.989. The third kappa shape index (κ3) is 3.22. The van der Waals surface area contributed by atoms with E-state index in [2.05, 4.69) is 73.3 Å². The molecule has 0 aliphatic rings. The van der Waals surface area contributed by atoms with Gasteiger partial charge in [0, 0.05) is 0 Å². The van der Waals surface area contributed by atoms with E-state index in [9.17, 15) is 0 Å². The highest BCUT2D eigenvalue weighted by atomic mass is 14.1. The molecule has 0 saturated heterocycles. The second-order valence-electron chi connectivity index (χ2n) is 5.46. The maximum absolute atomic E-state index is 3.78. The van der Waals surface area contributed by atoms with Gasteiger partial charge in [0.1, 0.15) is 0 Å². The lowest BCUT2D eigenvalue weighted by atomic mass is 9.97. The van der Waals surface area contributed by atoms with E-state index in [1.54, 1.807) is 0 Å². The van der Waals surface area contributed by atoms with Crippen molar-refractivity contribution >= 4 is 10.8 Å². The second kappa shape index (κ2) is 6.41. The van der Waals surface area contributed by atoms with Crippen LogP contribution >= 0.6 is 0 Å². The zero-order chi connectivity index (χ0) is 14.5. The van der Waals surface area contributed by atoms with Crippen molar-refractivity contribution in [2.24, 2.45) is 0 Å². The van der Waals surface area contributed by atoms with Gasteiger partial charge in [0.2, 0.25) is 0 Å². The summed E-state index contributed by atoms with van der Waals surface area (Å²) in [7, 11) is 0. The largest absolute Gasteiger partial charge is 0.103 e. The molecule has 0 saturated carbocycles. The quantitative estimate of drug-likeness (QED) is 0.534. The molecule has 0 fully saturated rings. The average molecular weight is 272 g/mol. The average Bonchev–Trinajstić information content (AvgIpc) is 2.55. The first kappa shape index (κ1) is 13.6.